The standard InChI is InChI=1S/C10H14FN3O/c1-3-14(2)8-6-4-5-7(11)9(8)10(12)13-15/h4-6,15H,3H2,1-2H3,(H2,12,13). The lowest BCUT2D eigenvalue weighted by molar-refractivity contribution is 0.318. The molecule has 15 heavy (non-hydrogen) atoms. The SMILES string of the molecule is CCN(C)c1cccc(F)c1C(N)=NO. The van der Waals surface area contributed by atoms with E-state index in [4.69, 9.17) is 10.9 Å². The molecule has 0 bridgehead atoms. The Morgan fingerprint density at radius 2 is 2.27 bits per heavy atom. The molecular formula is C10H14FN3O. The quantitative estimate of drug-likeness (QED) is 0.343. The van der Waals surface area contributed by atoms with Crippen LogP contribution in [0.2, 0.25) is 0 Å². The van der Waals surface area contributed by atoms with Crippen molar-refractivity contribution in [2.45, 2.75) is 6.92 Å². The van der Waals surface area contributed by atoms with E-state index >= 15 is 0 Å². The number of hydrogen-bond acceptors (Lipinski definition) is 3. The van der Waals surface area contributed by atoms with Crippen molar-refractivity contribution in [1.29, 1.82) is 0 Å². The average molecular weight is 211 g/mol. The minimum absolute atomic E-state index is 0.129. The summed E-state index contributed by atoms with van der Waals surface area (Å²) in [5, 5.41) is 11.4. The van der Waals surface area contributed by atoms with Gasteiger partial charge in [-0.25, -0.2) is 4.39 Å². The predicted molar refractivity (Wildman–Crippen MR) is 57.9 cm³/mol. The van der Waals surface area contributed by atoms with Gasteiger partial charge in [0.2, 0.25) is 0 Å². The van der Waals surface area contributed by atoms with Gasteiger partial charge >= 0.3 is 0 Å². The van der Waals surface area contributed by atoms with Gasteiger partial charge in [-0.15, -0.1) is 0 Å². The van der Waals surface area contributed by atoms with Crippen molar-refractivity contribution in [3.8, 4) is 0 Å². The molecule has 1 aromatic carbocycles. The Labute approximate surface area is 87.8 Å². The van der Waals surface area contributed by atoms with Crippen molar-refractivity contribution >= 4 is 11.5 Å². The average Bonchev–Trinajstić information content (AvgIpc) is 2.26. The van der Waals surface area contributed by atoms with Crippen LogP contribution in [0.5, 0.6) is 0 Å². The first-order valence-corrected chi connectivity index (χ1v) is 4.59. The van der Waals surface area contributed by atoms with Gasteiger partial charge < -0.3 is 15.8 Å². The molecule has 1 rings (SSSR count). The van der Waals surface area contributed by atoms with Gasteiger partial charge in [0.05, 0.1) is 11.3 Å². The van der Waals surface area contributed by atoms with Gasteiger partial charge in [-0.3, -0.25) is 0 Å². The summed E-state index contributed by atoms with van der Waals surface area (Å²) in [5.41, 5.74) is 6.16. The van der Waals surface area contributed by atoms with Crippen LogP contribution in [-0.4, -0.2) is 24.6 Å². The molecule has 82 valence electrons. The Bertz CT molecular complexity index is 379. The molecule has 0 aliphatic heterocycles. The summed E-state index contributed by atoms with van der Waals surface area (Å²) in [6.07, 6.45) is 0. The van der Waals surface area contributed by atoms with Crippen LogP contribution in [-0.2, 0) is 0 Å². The highest BCUT2D eigenvalue weighted by atomic mass is 19.1. The Balaban J connectivity index is 3.33. The van der Waals surface area contributed by atoms with E-state index in [2.05, 4.69) is 5.16 Å². The smallest absolute Gasteiger partial charge is 0.175 e. The van der Waals surface area contributed by atoms with Crippen molar-refractivity contribution in [1.82, 2.24) is 0 Å². The molecule has 0 spiro atoms. The van der Waals surface area contributed by atoms with Gasteiger partial charge in [0, 0.05) is 13.6 Å². The number of nitrogens with zero attached hydrogens (tertiary/aromatic N) is 2. The van der Waals surface area contributed by atoms with Crippen molar-refractivity contribution in [2.75, 3.05) is 18.5 Å². The molecule has 0 unspecified atom stereocenters. The van der Waals surface area contributed by atoms with Crippen LogP contribution >= 0.6 is 0 Å². The van der Waals surface area contributed by atoms with E-state index in [0.717, 1.165) is 0 Å². The van der Waals surface area contributed by atoms with Gasteiger partial charge in [-0.1, -0.05) is 11.2 Å². The van der Waals surface area contributed by atoms with Crippen molar-refractivity contribution in [3.05, 3.63) is 29.6 Å². The molecule has 4 nitrogen and oxygen atoms in total. The maximum atomic E-state index is 13.5. The fraction of sp³-hybridized carbons (Fsp3) is 0.300. The Morgan fingerprint density at radius 1 is 1.60 bits per heavy atom. The zero-order valence-electron chi connectivity index (χ0n) is 8.74. The van der Waals surface area contributed by atoms with E-state index in [1.54, 1.807) is 12.1 Å². The molecule has 0 aliphatic rings. The Hall–Kier alpha value is -1.78. The zero-order chi connectivity index (χ0) is 11.4. The first-order valence-electron chi connectivity index (χ1n) is 4.59. The van der Waals surface area contributed by atoms with E-state index in [1.165, 1.54) is 6.07 Å². The highest BCUT2D eigenvalue weighted by Gasteiger charge is 2.14. The van der Waals surface area contributed by atoms with E-state index in [9.17, 15) is 4.39 Å². The second-order valence-electron chi connectivity index (χ2n) is 3.13. The molecule has 0 saturated heterocycles. The van der Waals surface area contributed by atoms with Gasteiger partial charge in [-0.05, 0) is 19.1 Å². The number of hydrogen-bond donors (Lipinski definition) is 2. The summed E-state index contributed by atoms with van der Waals surface area (Å²) in [6, 6.07) is 4.59. The lowest BCUT2D eigenvalue weighted by Crippen LogP contribution is -2.23. The van der Waals surface area contributed by atoms with Gasteiger partial charge in [0.25, 0.3) is 0 Å². The fourth-order valence-corrected chi connectivity index (χ4v) is 1.30. The van der Waals surface area contributed by atoms with Gasteiger partial charge in [0.1, 0.15) is 5.82 Å². The molecule has 0 radical (unpaired) electrons. The maximum absolute atomic E-state index is 13.5. The summed E-state index contributed by atoms with van der Waals surface area (Å²) >= 11 is 0. The molecule has 0 fully saturated rings. The third kappa shape index (κ3) is 2.18. The van der Waals surface area contributed by atoms with E-state index in [-0.39, 0.29) is 11.4 Å². The second kappa shape index (κ2) is 4.63. The number of nitrogens with two attached hydrogens (primary N) is 1. The van der Waals surface area contributed by atoms with Crippen LogP contribution in [0.15, 0.2) is 23.4 Å². The summed E-state index contributed by atoms with van der Waals surface area (Å²) in [6.45, 7) is 2.64. The summed E-state index contributed by atoms with van der Waals surface area (Å²) in [7, 11) is 1.81. The van der Waals surface area contributed by atoms with Crippen LogP contribution < -0.4 is 10.6 Å². The number of benzene rings is 1. The van der Waals surface area contributed by atoms with Gasteiger partial charge in [0.15, 0.2) is 5.84 Å². The molecule has 0 aromatic heterocycles. The molecule has 0 atom stereocenters. The number of anilines is 1. The Kier molecular flexibility index (Phi) is 3.49. The van der Waals surface area contributed by atoms with E-state index in [1.807, 2.05) is 18.9 Å². The van der Waals surface area contributed by atoms with Crippen LogP contribution in [0.4, 0.5) is 10.1 Å². The zero-order valence-corrected chi connectivity index (χ0v) is 8.74. The Morgan fingerprint density at radius 3 is 2.80 bits per heavy atom. The van der Waals surface area contributed by atoms with Gasteiger partial charge in [-0.2, -0.15) is 0 Å². The lowest BCUT2D eigenvalue weighted by atomic mass is 10.1. The minimum atomic E-state index is -0.497. The summed E-state index contributed by atoms with van der Waals surface area (Å²) in [4.78, 5) is 1.82. The molecule has 5 heteroatoms. The first kappa shape index (κ1) is 11.3. The highest BCUT2D eigenvalue weighted by molar-refractivity contribution is 6.02. The summed E-state index contributed by atoms with van der Waals surface area (Å²) < 4.78 is 13.5. The normalized spacial score (nSPS) is 11.5. The molecule has 0 saturated carbocycles. The van der Waals surface area contributed by atoms with Crippen molar-refractivity contribution in [3.63, 3.8) is 0 Å². The second-order valence-corrected chi connectivity index (χ2v) is 3.13. The third-order valence-electron chi connectivity index (χ3n) is 2.24. The molecule has 0 aliphatic carbocycles. The van der Waals surface area contributed by atoms with Crippen LogP contribution in [0.1, 0.15) is 12.5 Å². The highest BCUT2D eigenvalue weighted by Crippen LogP contribution is 2.21. The number of halogens is 1. The topological polar surface area (TPSA) is 61.8 Å². The molecule has 0 heterocycles. The van der Waals surface area contributed by atoms with Crippen molar-refractivity contribution in [2.24, 2.45) is 10.9 Å². The lowest BCUT2D eigenvalue weighted by Gasteiger charge is -2.20. The molecule has 1 aromatic rings. The van der Waals surface area contributed by atoms with Crippen molar-refractivity contribution < 1.29 is 9.60 Å². The first-order chi connectivity index (χ1) is 7.11. The predicted octanol–water partition coefficient (Wildman–Crippen LogP) is 1.38. The number of rotatable bonds is 3. The molecule has 0 amide bonds. The summed E-state index contributed by atoms with van der Waals surface area (Å²) in [5.74, 6) is -0.716. The maximum Gasteiger partial charge on any atom is 0.175 e. The van der Waals surface area contributed by atoms with Crippen LogP contribution in [0, 0.1) is 5.82 Å². The fourth-order valence-electron chi connectivity index (χ4n) is 1.30. The largest absolute Gasteiger partial charge is 0.409 e. The van der Waals surface area contributed by atoms with E-state index in [0.29, 0.717) is 12.2 Å². The number of oxime groups is 1. The van der Waals surface area contributed by atoms with Crippen LogP contribution in [0.3, 0.4) is 0 Å². The molecular weight excluding hydrogens is 197 g/mol. The molecule has 3 N–H and O–H groups in total. The minimum Gasteiger partial charge on any atom is -0.409 e. The third-order valence-corrected chi connectivity index (χ3v) is 2.24. The number of amidine groups is 1. The monoisotopic (exact) mass is 211 g/mol. The van der Waals surface area contributed by atoms with E-state index < -0.39 is 5.82 Å². The van der Waals surface area contributed by atoms with Crippen LogP contribution in [0.25, 0.3) is 0 Å².